The van der Waals surface area contributed by atoms with Crippen LogP contribution in [0.25, 0.3) is 0 Å². The third kappa shape index (κ3) is 8.09. The van der Waals surface area contributed by atoms with E-state index in [-0.39, 0.29) is 19.4 Å². The molecule has 0 radical (unpaired) electrons. The first-order valence-corrected chi connectivity index (χ1v) is 6.52. The van der Waals surface area contributed by atoms with Crippen molar-refractivity contribution in [3.63, 3.8) is 0 Å². The highest BCUT2D eigenvalue weighted by atomic mass is 16.4. The Morgan fingerprint density at radius 1 is 1.09 bits per heavy atom. The van der Waals surface area contributed by atoms with Gasteiger partial charge in [0.25, 0.3) is 0 Å². The molecule has 23 heavy (non-hydrogen) atoms. The fourth-order valence-corrected chi connectivity index (χ4v) is 1.63. The molecular weight excluding hydrogens is 316 g/mol. The second-order valence-corrected chi connectivity index (χ2v) is 5.17. The Bertz CT molecular complexity index is 477. The number of aliphatic hydroxyl groups is 1. The van der Waals surface area contributed by atoms with Gasteiger partial charge in [0.1, 0.15) is 17.8 Å². The van der Waals surface area contributed by atoms with Crippen molar-refractivity contribution in [1.29, 1.82) is 0 Å². The van der Waals surface area contributed by atoms with E-state index in [9.17, 15) is 24.3 Å². The molecule has 1 aliphatic rings. The van der Waals surface area contributed by atoms with E-state index in [2.05, 4.69) is 0 Å². The molecule has 0 saturated carbocycles. The predicted molar refractivity (Wildman–Crippen MR) is 73.5 cm³/mol. The van der Waals surface area contributed by atoms with E-state index < -0.39 is 48.1 Å². The zero-order valence-corrected chi connectivity index (χ0v) is 12.4. The number of nitrogens with zero attached hydrogens (tertiary/aromatic N) is 1. The third-order valence-electron chi connectivity index (χ3n) is 3.00. The first-order valence-electron chi connectivity index (χ1n) is 6.52. The lowest BCUT2D eigenvalue weighted by Crippen LogP contribution is -2.35. The summed E-state index contributed by atoms with van der Waals surface area (Å²) in [6.07, 6.45) is -0.719. The summed E-state index contributed by atoms with van der Waals surface area (Å²) in [5.74, 6) is -4.60. The van der Waals surface area contributed by atoms with Crippen LogP contribution in [0.2, 0.25) is 0 Å². The van der Waals surface area contributed by atoms with Crippen LogP contribution < -0.4 is 5.73 Å². The molecule has 0 aliphatic carbocycles. The molecule has 0 aromatic heterocycles. The summed E-state index contributed by atoms with van der Waals surface area (Å²) in [7, 11) is 0. The smallest absolute Gasteiger partial charge is 0.321 e. The van der Waals surface area contributed by atoms with E-state index in [0.717, 1.165) is 0 Å². The van der Waals surface area contributed by atoms with Crippen molar-refractivity contribution in [3.8, 4) is 0 Å². The van der Waals surface area contributed by atoms with Crippen LogP contribution in [0.1, 0.15) is 26.2 Å². The quantitative estimate of drug-likeness (QED) is 0.273. The molecule has 0 bridgehead atoms. The summed E-state index contributed by atoms with van der Waals surface area (Å²) >= 11 is 0. The number of hydrogen-bond acceptors (Lipinski definition) is 7. The molecule has 1 saturated heterocycles. The fraction of sp³-hybridized carbons (Fsp3) is 0.667. The van der Waals surface area contributed by atoms with Crippen LogP contribution in [0.3, 0.4) is 0 Å². The molecule has 1 fully saturated rings. The van der Waals surface area contributed by atoms with Gasteiger partial charge < -0.3 is 31.3 Å². The summed E-state index contributed by atoms with van der Waals surface area (Å²) in [6.45, 7) is 1.65. The molecule has 1 rings (SSSR count). The second kappa shape index (κ2) is 8.41. The highest BCUT2D eigenvalue weighted by Gasteiger charge is 2.52. The molecule has 0 amide bonds. The lowest BCUT2D eigenvalue weighted by atomic mass is 10.2. The van der Waals surface area contributed by atoms with Gasteiger partial charge >= 0.3 is 23.9 Å². The van der Waals surface area contributed by atoms with E-state index in [0.29, 0.717) is 0 Å². The maximum Gasteiger partial charge on any atom is 0.321 e. The van der Waals surface area contributed by atoms with Crippen LogP contribution in [0, 0.1) is 0 Å². The van der Waals surface area contributed by atoms with Crippen molar-refractivity contribution in [2.45, 2.75) is 44.0 Å². The fourth-order valence-electron chi connectivity index (χ4n) is 1.63. The number of aliphatic carboxylic acids is 4. The number of hydrogen-bond donors (Lipinski definition) is 6. The SMILES string of the molecule is CC1(O)CN1[C@@H](CC(=O)O)C(=O)O.N[C@@H](CCC(=O)O)C(=O)O. The van der Waals surface area contributed by atoms with Crippen molar-refractivity contribution in [3.05, 3.63) is 0 Å². The molecule has 7 N–H and O–H groups in total. The Balaban J connectivity index is 0.000000438. The molecule has 0 aromatic carbocycles. The summed E-state index contributed by atoms with van der Waals surface area (Å²) in [4.78, 5) is 42.0. The summed E-state index contributed by atoms with van der Waals surface area (Å²) in [5, 5.41) is 42.6. The van der Waals surface area contributed by atoms with Crippen LogP contribution in [-0.4, -0.2) is 78.7 Å². The molecular formula is C12H20N2O9. The number of carbonyl (C=O) groups is 4. The molecule has 0 aromatic rings. The van der Waals surface area contributed by atoms with E-state index in [4.69, 9.17) is 26.2 Å². The zero-order chi connectivity index (χ0) is 18.4. The maximum atomic E-state index is 10.6. The van der Waals surface area contributed by atoms with Crippen LogP contribution in [0.4, 0.5) is 0 Å². The average Bonchev–Trinajstić information content (AvgIpc) is 3.01. The predicted octanol–water partition coefficient (Wildman–Crippen LogP) is -1.80. The minimum atomic E-state index is -1.22. The van der Waals surface area contributed by atoms with Crippen molar-refractivity contribution in [2.75, 3.05) is 6.54 Å². The van der Waals surface area contributed by atoms with E-state index in [1.165, 1.54) is 11.8 Å². The van der Waals surface area contributed by atoms with Crippen molar-refractivity contribution < 1.29 is 44.7 Å². The molecule has 1 aliphatic heterocycles. The normalized spacial score (nSPS) is 24.6. The van der Waals surface area contributed by atoms with Gasteiger partial charge in [-0.2, -0.15) is 0 Å². The van der Waals surface area contributed by atoms with Gasteiger partial charge in [0.05, 0.1) is 6.42 Å². The molecule has 11 nitrogen and oxygen atoms in total. The maximum absolute atomic E-state index is 10.6. The Morgan fingerprint density at radius 2 is 1.57 bits per heavy atom. The minimum Gasteiger partial charge on any atom is -0.481 e. The van der Waals surface area contributed by atoms with Crippen LogP contribution in [0.5, 0.6) is 0 Å². The Morgan fingerprint density at radius 3 is 1.83 bits per heavy atom. The van der Waals surface area contributed by atoms with Gasteiger partial charge in [0.15, 0.2) is 0 Å². The van der Waals surface area contributed by atoms with Gasteiger partial charge in [-0.25, -0.2) is 0 Å². The van der Waals surface area contributed by atoms with E-state index in [1.54, 1.807) is 0 Å². The van der Waals surface area contributed by atoms with Crippen molar-refractivity contribution >= 4 is 23.9 Å². The molecule has 132 valence electrons. The van der Waals surface area contributed by atoms with E-state index in [1.807, 2.05) is 0 Å². The first kappa shape index (κ1) is 20.8. The standard InChI is InChI=1S/C7H11NO5.C5H9NO4/c1-7(13)3-8(7)4(6(11)12)2-5(9)10;6-3(5(9)10)1-2-4(7)8/h4,13H,2-3H2,1H3,(H,9,10)(H,11,12);3H,1-2,6H2,(H,7,8)(H,9,10)/t4-,7?,8?;3-/m00/s1. The summed E-state index contributed by atoms with van der Waals surface area (Å²) in [6, 6.07) is -2.19. The molecule has 2 unspecified atom stereocenters. The van der Waals surface area contributed by atoms with Gasteiger partial charge in [-0.3, -0.25) is 24.1 Å². The Hall–Kier alpha value is -2.24. The lowest BCUT2D eigenvalue weighted by Gasteiger charge is -2.13. The van der Waals surface area contributed by atoms with Crippen LogP contribution in [0.15, 0.2) is 0 Å². The molecule has 1 heterocycles. The summed E-state index contributed by atoms with van der Waals surface area (Å²) in [5.41, 5.74) is 3.85. The monoisotopic (exact) mass is 336 g/mol. The van der Waals surface area contributed by atoms with Gasteiger partial charge in [0, 0.05) is 13.0 Å². The highest BCUT2D eigenvalue weighted by molar-refractivity contribution is 5.81. The summed E-state index contributed by atoms with van der Waals surface area (Å²) < 4.78 is 0. The average molecular weight is 336 g/mol. The number of nitrogens with two attached hydrogens (primary N) is 1. The minimum absolute atomic E-state index is 0.0231. The van der Waals surface area contributed by atoms with Gasteiger partial charge in [0.2, 0.25) is 0 Å². The largest absolute Gasteiger partial charge is 0.481 e. The van der Waals surface area contributed by atoms with E-state index >= 15 is 0 Å². The van der Waals surface area contributed by atoms with Gasteiger partial charge in [-0.15, -0.1) is 0 Å². The molecule has 11 heteroatoms. The van der Waals surface area contributed by atoms with Crippen LogP contribution >= 0.6 is 0 Å². The van der Waals surface area contributed by atoms with Crippen LogP contribution in [-0.2, 0) is 19.2 Å². The zero-order valence-electron chi connectivity index (χ0n) is 12.4. The Labute approximate surface area is 130 Å². The molecule has 0 spiro atoms. The van der Waals surface area contributed by atoms with Gasteiger partial charge in [-0.05, 0) is 13.3 Å². The lowest BCUT2D eigenvalue weighted by molar-refractivity contribution is -0.149. The number of β-amino-alcohol motifs (C(OH)–C–C–N with tert-alkyl or cyclic N) is 1. The first-order chi connectivity index (χ1) is 10.4. The topological polar surface area (TPSA) is 198 Å². The van der Waals surface area contributed by atoms with Gasteiger partial charge in [-0.1, -0.05) is 0 Å². The molecule has 4 atom stereocenters. The number of rotatable bonds is 8. The van der Waals surface area contributed by atoms with Crippen molar-refractivity contribution in [1.82, 2.24) is 4.90 Å². The van der Waals surface area contributed by atoms with Crippen molar-refractivity contribution in [2.24, 2.45) is 5.73 Å². The third-order valence-corrected chi connectivity index (χ3v) is 3.00. The highest BCUT2D eigenvalue weighted by Crippen LogP contribution is 2.32. The number of carboxylic acids is 4. The number of carboxylic acid groups (broad SMARTS) is 4. The Kier molecular flexibility index (Phi) is 7.59. The second-order valence-electron chi connectivity index (χ2n) is 5.17.